The van der Waals surface area contributed by atoms with E-state index in [1.54, 1.807) is 20.8 Å². The van der Waals surface area contributed by atoms with Crippen LogP contribution in [0.1, 0.15) is 44.4 Å². The lowest BCUT2D eigenvalue weighted by molar-refractivity contribution is -0.136. The maximum Gasteiger partial charge on any atom is 0.407 e. The molecule has 0 heterocycles. The normalized spacial score (nSPS) is 13.8. The van der Waals surface area contributed by atoms with Crippen LogP contribution >= 0.6 is 0 Å². The highest BCUT2D eigenvalue weighted by Gasteiger charge is 2.23. The number of carbonyl (C=O) groups is 2. The number of aliphatic hydroxyl groups excluding tert-OH is 2. The Hall–Kier alpha value is -2.19. The topological polar surface area (TPSA) is 116 Å². The van der Waals surface area contributed by atoms with E-state index in [1.807, 2.05) is 0 Å². The molecule has 7 nitrogen and oxygen atoms in total. The summed E-state index contributed by atoms with van der Waals surface area (Å²) in [7, 11) is 0. The van der Waals surface area contributed by atoms with Crippen molar-refractivity contribution in [3.05, 3.63) is 35.1 Å². The highest BCUT2D eigenvalue weighted by molar-refractivity contribution is 5.70. The molecule has 0 saturated heterocycles. The van der Waals surface area contributed by atoms with E-state index in [0.29, 0.717) is 0 Å². The number of carbonyl (C=O) groups excluding carboxylic acids is 1. The van der Waals surface area contributed by atoms with E-state index in [1.165, 1.54) is 6.07 Å². The summed E-state index contributed by atoms with van der Waals surface area (Å²) in [5.74, 6) is -1.79. The molecule has 1 amide bonds. The quantitative estimate of drug-likeness (QED) is 0.591. The van der Waals surface area contributed by atoms with Gasteiger partial charge in [-0.05, 0) is 50.5 Å². The molecule has 0 spiro atoms. The van der Waals surface area contributed by atoms with Crippen molar-refractivity contribution in [2.24, 2.45) is 0 Å². The van der Waals surface area contributed by atoms with Crippen LogP contribution in [0, 0.1) is 5.82 Å². The second-order valence-electron chi connectivity index (χ2n) is 6.64. The van der Waals surface area contributed by atoms with Crippen LogP contribution in [0.4, 0.5) is 9.18 Å². The van der Waals surface area contributed by atoms with Crippen LogP contribution < -0.4 is 5.32 Å². The average Bonchev–Trinajstić information content (AvgIpc) is 2.45. The van der Waals surface area contributed by atoms with Gasteiger partial charge in [0, 0.05) is 6.54 Å². The summed E-state index contributed by atoms with van der Waals surface area (Å²) in [6.07, 6.45) is -3.89. The van der Waals surface area contributed by atoms with E-state index in [2.05, 4.69) is 5.32 Å². The largest absolute Gasteiger partial charge is 0.481 e. The molecule has 0 bridgehead atoms. The lowest BCUT2D eigenvalue weighted by Crippen LogP contribution is -2.34. The lowest BCUT2D eigenvalue weighted by Gasteiger charge is -2.22. The van der Waals surface area contributed by atoms with Crippen LogP contribution in [0.15, 0.2) is 18.2 Å². The molecule has 0 fully saturated rings. The number of hydrogen-bond donors (Lipinski definition) is 4. The predicted molar refractivity (Wildman–Crippen MR) is 87.6 cm³/mol. The number of carboxylic acids is 1. The predicted octanol–water partition coefficient (Wildman–Crippen LogP) is 1.76. The average molecular weight is 357 g/mol. The van der Waals surface area contributed by atoms with E-state index >= 15 is 0 Å². The summed E-state index contributed by atoms with van der Waals surface area (Å²) in [6.45, 7) is 5.15. The summed E-state index contributed by atoms with van der Waals surface area (Å²) in [5.41, 5.74) is -0.442. The van der Waals surface area contributed by atoms with Gasteiger partial charge in [-0.25, -0.2) is 9.18 Å². The van der Waals surface area contributed by atoms with Gasteiger partial charge in [0.1, 0.15) is 17.5 Å². The molecular weight excluding hydrogens is 333 g/mol. The molecule has 2 atom stereocenters. The summed E-state index contributed by atoms with van der Waals surface area (Å²) < 4.78 is 18.4. The highest BCUT2D eigenvalue weighted by atomic mass is 19.1. The molecule has 140 valence electrons. The number of carboxylic acid groups (broad SMARTS) is 1. The van der Waals surface area contributed by atoms with Gasteiger partial charge in [-0.15, -0.1) is 0 Å². The number of halogens is 1. The third-order valence-corrected chi connectivity index (χ3v) is 3.24. The molecule has 0 aliphatic carbocycles. The summed E-state index contributed by atoms with van der Waals surface area (Å²) >= 11 is 0. The minimum absolute atomic E-state index is 0.00664. The Bertz CT molecular complexity index is 614. The summed E-state index contributed by atoms with van der Waals surface area (Å²) in [5, 5.41) is 31.6. The van der Waals surface area contributed by atoms with Crippen LogP contribution in [0.2, 0.25) is 0 Å². The summed E-state index contributed by atoms with van der Waals surface area (Å²) in [6, 6.07) is 3.34. The Morgan fingerprint density at radius 2 is 1.92 bits per heavy atom. The molecular formula is C17H24FNO6. The second-order valence-corrected chi connectivity index (χ2v) is 6.64. The SMILES string of the molecule is CC(C)(C)OC(=O)NCCC(O)C(O)c1cc(F)ccc1CC(=O)O. The molecule has 4 N–H and O–H groups in total. The minimum atomic E-state index is -1.48. The Labute approximate surface area is 145 Å². The van der Waals surface area contributed by atoms with Crippen molar-refractivity contribution < 1.29 is 34.0 Å². The number of amides is 1. The van der Waals surface area contributed by atoms with Crippen molar-refractivity contribution in [1.29, 1.82) is 0 Å². The first kappa shape index (κ1) is 20.9. The molecule has 25 heavy (non-hydrogen) atoms. The molecule has 1 rings (SSSR count). The van der Waals surface area contributed by atoms with Gasteiger partial charge >= 0.3 is 12.1 Å². The maximum atomic E-state index is 13.4. The molecule has 2 unspecified atom stereocenters. The number of rotatable bonds is 7. The zero-order valence-corrected chi connectivity index (χ0v) is 14.5. The zero-order valence-electron chi connectivity index (χ0n) is 14.5. The molecule has 0 radical (unpaired) electrons. The minimum Gasteiger partial charge on any atom is -0.481 e. The van der Waals surface area contributed by atoms with Gasteiger partial charge in [-0.2, -0.15) is 0 Å². The monoisotopic (exact) mass is 357 g/mol. The van der Waals surface area contributed by atoms with Crippen LogP contribution in [0.25, 0.3) is 0 Å². The fourth-order valence-electron chi connectivity index (χ4n) is 2.17. The van der Waals surface area contributed by atoms with E-state index in [4.69, 9.17) is 9.84 Å². The Morgan fingerprint density at radius 3 is 2.48 bits per heavy atom. The van der Waals surface area contributed by atoms with Gasteiger partial charge < -0.3 is 25.4 Å². The van der Waals surface area contributed by atoms with Crippen LogP contribution in [-0.2, 0) is 16.0 Å². The van der Waals surface area contributed by atoms with E-state index in [-0.39, 0.29) is 24.1 Å². The Balaban J connectivity index is 2.67. The molecule has 0 aliphatic rings. The number of ether oxygens (including phenoxy) is 1. The van der Waals surface area contributed by atoms with Gasteiger partial charge in [0.25, 0.3) is 0 Å². The van der Waals surface area contributed by atoms with Crippen molar-refractivity contribution in [1.82, 2.24) is 5.32 Å². The number of alkyl carbamates (subject to hydrolysis) is 1. The standard InChI is InChI=1S/C17H24FNO6/c1-17(2,3)25-16(24)19-7-6-13(20)15(23)12-9-11(18)5-4-10(12)8-14(21)22/h4-5,9,13,15,20,23H,6-8H2,1-3H3,(H,19,24)(H,21,22). The molecule has 1 aromatic carbocycles. The second kappa shape index (κ2) is 8.77. The van der Waals surface area contributed by atoms with E-state index in [9.17, 15) is 24.2 Å². The first-order chi connectivity index (χ1) is 11.5. The number of aliphatic carboxylic acids is 1. The maximum absolute atomic E-state index is 13.4. The summed E-state index contributed by atoms with van der Waals surface area (Å²) in [4.78, 5) is 22.4. The number of benzene rings is 1. The van der Waals surface area contributed by atoms with E-state index in [0.717, 1.165) is 12.1 Å². The molecule has 0 aliphatic heterocycles. The van der Waals surface area contributed by atoms with Crippen molar-refractivity contribution in [2.75, 3.05) is 6.54 Å². The smallest absolute Gasteiger partial charge is 0.407 e. The molecule has 0 aromatic heterocycles. The Kier molecular flexibility index (Phi) is 7.32. The van der Waals surface area contributed by atoms with Gasteiger partial charge in [-0.1, -0.05) is 6.07 Å². The van der Waals surface area contributed by atoms with Gasteiger partial charge in [0.05, 0.1) is 12.5 Å². The molecule has 8 heteroatoms. The van der Waals surface area contributed by atoms with Crippen LogP contribution in [-0.4, -0.2) is 45.6 Å². The van der Waals surface area contributed by atoms with Crippen molar-refractivity contribution in [3.63, 3.8) is 0 Å². The lowest BCUT2D eigenvalue weighted by atomic mass is 9.95. The zero-order chi connectivity index (χ0) is 19.2. The third-order valence-electron chi connectivity index (χ3n) is 3.24. The van der Waals surface area contributed by atoms with Crippen molar-refractivity contribution in [2.45, 2.75) is 51.4 Å². The van der Waals surface area contributed by atoms with Gasteiger partial charge in [0.15, 0.2) is 0 Å². The number of nitrogens with one attached hydrogen (secondary N) is 1. The molecule has 0 saturated carbocycles. The first-order valence-electron chi connectivity index (χ1n) is 7.82. The van der Waals surface area contributed by atoms with Crippen molar-refractivity contribution >= 4 is 12.1 Å². The number of hydrogen-bond acceptors (Lipinski definition) is 5. The van der Waals surface area contributed by atoms with Gasteiger partial charge in [0.2, 0.25) is 0 Å². The fraction of sp³-hybridized carbons (Fsp3) is 0.529. The van der Waals surface area contributed by atoms with Crippen LogP contribution in [0.3, 0.4) is 0 Å². The van der Waals surface area contributed by atoms with Crippen LogP contribution in [0.5, 0.6) is 0 Å². The molecule has 1 aromatic rings. The highest BCUT2D eigenvalue weighted by Crippen LogP contribution is 2.24. The Morgan fingerprint density at radius 1 is 1.28 bits per heavy atom. The number of aliphatic hydroxyl groups is 2. The van der Waals surface area contributed by atoms with Crippen molar-refractivity contribution in [3.8, 4) is 0 Å². The third kappa shape index (κ3) is 7.49. The van der Waals surface area contributed by atoms with E-state index < -0.39 is 42.1 Å². The fourth-order valence-corrected chi connectivity index (χ4v) is 2.17. The first-order valence-corrected chi connectivity index (χ1v) is 7.82. The van der Waals surface area contributed by atoms with Gasteiger partial charge in [-0.3, -0.25) is 4.79 Å².